The van der Waals surface area contributed by atoms with Crippen LogP contribution in [-0.2, 0) is 14.3 Å². The second kappa shape index (κ2) is 6.96. The van der Waals surface area contributed by atoms with Crippen molar-refractivity contribution in [2.75, 3.05) is 19.8 Å². The number of hydrogen-bond acceptors (Lipinski definition) is 5. The molecule has 118 valence electrons. The second-order valence-corrected chi connectivity index (χ2v) is 4.97. The van der Waals surface area contributed by atoms with Crippen LogP contribution in [0.1, 0.15) is 25.5 Å². The molecule has 1 saturated heterocycles. The highest BCUT2D eigenvalue weighted by atomic mass is 79.9. The molecule has 0 spiro atoms. The van der Waals surface area contributed by atoms with Gasteiger partial charge in [-0.25, -0.2) is 9.79 Å². The third kappa shape index (κ3) is 2.88. The molecule has 1 aromatic carbocycles. The normalized spacial score (nSPS) is 19.8. The van der Waals surface area contributed by atoms with E-state index in [9.17, 15) is 4.79 Å². The zero-order chi connectivity index (χ0) is 14.8. The van der Waals surface area contributed by atoms with Crippen molar-refractivity contribution in [3.8, 4) is 0 Å². The number of hydrogen-bond donors (Lipinski definition) is 0. The van der Waals surface area contributed by atoms with Crippen LogP contribution in [0.25, 0.3) is 0 Å². The zero-order valence-electron chi connectivity index (χ0n) is 12.6. The number of aliphatic imine (C=N–C) groups is 1. The molecule has 22 heavy (non-hydrogen) atoms. The van der Waals surface area contributed by atoms with Crippen LogP contribution in [0.15, 0.2) is 46.6 Å². The molecule has 1 unspecified atom stereocenters. The summed E-state index contributed by atoms with van der Waals surface area (Å²) in [6.45, 7) is 5.29. The maximum atomic E-state index is 12.4. The Morgan fingerprint density at radius 3 is 2.82 bits per heavy atom. The molecule has 5 nitrogen and oxygen atoms in total. The van der Waals surface area contributed by atoms with Crippen LogP contribution in [0.2, 0.25) is 0 Å². The van der Waals surface area contributed by atoms with Crippen molar-refractivity contribution in [1.82, 2.24) is 4.90 Å². The van der Waals surface area contributed by atoms with Gasteiger partial charge in [-0.05, 0) is 19.4 Å². The van der Waals surface area contributed by atoms with Crippen molar-refractivity contribution in [3.63, 3.8) is 0 Å². The van der Waals surface area contributed by atoms with Gasteiger partial charge in [0.1, 0.15) is 6.61 Å². The fourth-order valence-electron chi connectivity index (χ4n) is 2.76. The molecule has 0 N–H and O–H groups in total. The fraction of sp³-hybridized carbons (Fsp3) is 0.375. The summed E-state index contributed by atoms with van der Waals surface area (Å²) in [6.07, 6.45) is 0. The minimum absolute atomic E-state index is 0. The van der Waals surface area contributed by atoms with Crippen LogP contribution in [0, 0.1) is 0 Å². The summed E-state index contributed by atoms with van der Waals surface area (Å²) in [6, 6.07) is 10.3. The van der Waals surface area contributed by atoms with E-state index in [0.29, 0.717) is 37.1 Å². The van der Waals surface area contributed by atoms with E-state index in [1.807, 2.05) is 49.1 Å². The van der Waals surface area contributed by atoms with E-state index in [1.165, 1.54) is 0 Å². The van der Waals surface area contributed by atoms with Gasteiger partial charge < -0.3 is 14.4 Å². The minimum atomic E-state index is -0.307. The third-order valence-electron chi connectivity index (χ3n) is 3.66. The largest absolute Gasteiger partial charge is 0.463 e. The lowest BCUT2D eigenvalue weighted by Gasteiger charge is -2.32. The molecule has 3 rings (SSSR count). The lowest BCUT2D eigenvalue weighted by molar-refractivity contribution is -0.139. The number of amidine groups is 1. The molecule has 0 radical (unpaired) electrons. The number of nitrogens with zero attached hydrogens (tertiary/aromatic N) is 2. The second-order valence-electron chi connectivity index (χ2n) is 4.97. The summed E-state index contributed by atoms with van der Waals surface area (Å²) in [4.78, 5) is 18.8. The average molecular weight is 367 g/mol. The summed E-state index contributed by atoms with van der Waals surface area (Å²) < 4.78 is 10.8. The number of benzene rings is 1. The van der Waals surface area contributed by atoms with Crippen molar-refractivity contribution in [2.24, 2.45) is 4.99 Å². The van der Waals surface area contributed by atoms with E-state index in [-0.39, 0.29) is 29.0 Å². The Labute approximate surface area is 140 Å². The van der Waals surface area contributed by atoms with Gasteiger partial charge in [0.05, 0.1) is 30.5 Å². The van der Waals surface area contributed by atoms with Crippen LogP contribution < -0.4 is 0 Å². The molecule has 2 aliphatic heterocycles. The molecule has 2 heterocycles. The summed E-state index contributed by atoms with van der Waals surface area (Å²) in [5, 5.41) is 0. The molecular formula is C16H19BrN2O3. The number of fused-ring (bicyclic) bond motifs is 1. The molecule has 0 saturated carbocycles. The number of carbonyl (C=O) groups is 1. The summed E-state index contributed by atoms with van der Waals surface area (Å²) in [5.74, 6) is -0.307. The maximum Gasteiger partial charge on any atom is 0.338 e. The topological polar surface area (TPSA) is 51.1 Å². The van der Waals surface area contributed by atoms with Gasteiger partial charge in [0.25, 0.3) is 6.02 Å². The Morgan fingerprint density at radius 1 is 1.41 bits per heavy atom. The molecular weight excluding hydrogens is 348 g/mol. The van der Waals surface area contributed by atoms with E-state index in [2.05, 4.69) is 4.99 Å². The molecule has 0 aliphatic carbocycles. The van der Waals surface area contributed by atoms with Gasteiger partial charge in [-0.15, -0.1) is 17.0 Å². The Kier molecular flexibility index (Phi) is 5.24. The molecule has 0 bridgehead atoms. The molecule has 0 aromatic heterocycles. The lowest BCUT2D eigenvalue weighted by atomic mass is 9.94. The van der Waals surface area contributed by atoms with E-state index >= 15 is 0 Å². The van der Waals surface area contributed by atoms with Crippen LogP contribution in [0.4, 0.5) is 0 Å². The van der Waals surface area contributed by atoms with Crippen LogP contribution in [0.5, 0.6) is 0 Å². The Morgan fingerprint density at radius 2 is 2.14 bits per heavy atom. The van der Waals surface area contributed by atoms with Gasteiger partial charge in [0.2, 0.25) is 0 Å². The van der Waals surface area contributed by atoms with Crippen LogP contribution in [-0.4, -0.2) is 36.6 Å². The van der Waals surface area contributed by atoms with Gasteiger partial charge >= 0.3 is 5.97 Å². The zero-order valence-corrected chi connectivity index (χ0v) is 14.3. The lowest BCUT2D eigenvalue weighted by Crippen LogP contribution is -2.37. The monoisotopic (exact) mass is 366 g/mol. The molecule has 6 heteroatoms. The average Bonchev–Trinajstić information content (AvgIpc) is 2.94. The van der Waals surface area contributed by atoms with Gasteiger partial charge in [-0.3, -0.25) is 0 Å². The minimum Gasteiger partial charge on any atom is -0.463 e. The van der Waals surface area contributed by atoms with Gasteiger partial charge in [-0.1, -0.05) is 30.3 Å². The number of halogens is 1. The fourth-order valence-corrected chi connectivity index (χ4v) is 2.76. The van der Waals surface area contributed by atoms with Crippen LogP contribution >= 0.6 is 17.0 Å². The standard InChI is InChI=1S/C16H18N2O3.BrH/c1-3-20-15(19)13-11(2)17-16-18(9-10-21-16)14(13)12-7-5-4-6-8-12;/h4-8,14H,3,9-10H2,1-2H3;1H. The van der Waals surface area contributed by atoms with Crippen molar-refractivity contribution in [2.45, 2.75) is 19.9 Å². The number of ether oxygens (including phenoxy) is 2. The molecule has 1 fully saturated rings. The van der Waals surface area contributed by atoms with E-state index in [1.54, 1.807) is 0 Å². The van der Waals surface area contributed by atoms with Crippen molar-refractivity contribution < 1.29 is 14.3 Å². The Balaban J connectivity index is 0.00000176. The number of allylic oxidation sites excluding steroid dienone is 1. The SMILES string of the molecule is Br.CCOC(=O)C1=C(C)N=C2OCCN2C1c1ccccc1. The van der Waals surface area contributed by atoms with Gasteiger partial charge in [-0.2, -0.15) is 0 Å². The van der Waals surface area contributed by atoms with E-state index in [4.69, 9.17) is 9.47 Å². The Bertz CT molecular complexity index is 613. The first-order chi connectivity index (χ1) is 10.2. The number of carbonyl (C=O) groups excluding carboxylic acids is 1. The number of esters is 1. The van der Waals surface area contributed by atoms with Crippen molar-refractivity contribution in [1.29, 1.82) is 0 Å². The highest BCUT2D eigenvalue weighted by molar-refractivity contribution is 8.93. The summed E-state index contributed by atoms with van der Waals surface area (Å²) in [7, 11) is 0. The number of rotatable bonds is 3. The van der Waals surface area contributed by atoms with Crippen LogP contribution in [0.3, 0.4) is 0 Å². The van der Waals surface area contributed by atoms with E-state index in [0.717, 1.165) is 5.56 Å². The van der Waals surface area contributed by atoms with Crippen molar-refractivity contribution in [3.05, 3.63) is 47.2 Å². The molecule has 1 atom stereocenters. The van der Waals surface area contributed by atoms with Crippen molar-refractivity contribution >= 4 is 29.0 Å². The van der Waals surface area contributed by atoms with E-state index < -0.39 is 0 Å². The Hall–Kier alpha value is -1.82. The van der Waals surface area contributed by atoms with Gasteiger partial charge in [0, 0.05) is 0 Å². The molecule has 0 amide bonds. The predicted molar refractivity (Wildman–Crippen MR) is 88.9 cm³/mol. The highest BCUT2D eigenvalue weighted by Crippen LogP contribution is 2.37. The highest BCUT2D eigenvalue weighted by Gasteiger charge is 2.39. The smallest absolute Gasteiger partial charge is 0.338 e. The molecule has 2 aliphatic rings. The first kappa shape index (κ1) is 16.5. The third-order valence-corrected chi connectivity index (χ3v) is 3.66. The molecule has 1 aromatic rings. The quantitative estimate of drug-likeness (QED) is 0.771. The first-order valence-electron chi connectivity index (χ1n) is 7.13. The summed E-state index contributed by atoms with van der Waals surface area (Å²) >= 11 is 0. The maximum absolute atomic E-state index is 12.4. The summed E-state index contributed by atoms with van der Waals surface area (Å²) in [5.41, 5.74) is 2.30. The van der Waals surface area contributed by atoms with Gasteiger partial charge in [0.15, 0.2) is 0 Å². The predicted octanol–water partition coefficient (Wildman–Crippen LogP) is 2.84. The first-order valence-corrected chi connectivity index (χ1v) is 7.13.